The van der Waals surface area contributed by atoms with Crippen molar-refractivity contribution in [2.24, 2.45) is 11.7 Å². The lowest BCUT2D eigenvalue weighted by Gasteiger charge is -2.23. The Kier molecular flexibility index (Phi) is 5.71. The molecule has 0 aliphatic carbocycles. The van der Waals surface area contributed by atoms with Crippen LogP contribution in [0.4, 0.5) is 0 Å². The zero-order chi connectivity index (χ0) is 10.4. The number of nitrogens with two attached hydrogens (primary N) is 1. The fourth-order valence-electron chi connectivity index (χ4n) is 1.14. The molecule has 0 bridgehead atoms. The van der Waals surface area contributed by atoms with E-state index >= 15 is 0 Å². The number of carbonyl (C=O) groups is 1. The van der Waals surface area contributed by atoms with Crippen molar-refractivity contribution in [3.63, 3.8) is 0 Å². The average molecular weight is 186 g/mol. The summed E-state index contributed by atoms with van der Waals surface area (Å²) in [6.07, 6.45) is 1.81. The van der Waals surface area contributed by atoms with E-state index < -0.39 is 0 Å². The molecule has 78 valence electrons. The van der Waals surface area contributed by atoms with E-state index in [1.54, 1.807) is 4.90 Å². The highest BCUT2D eigenvalue weighted by molar-refractivity contribution is 5.81. The maximum absolute atomic E-state index is 11.5. The molecular weight excluding hydrogens is 164 g/mol. The van der Waals surface area contributed by atoms with E-state index in [-0.39, 0.29) is 11.9 Å². The number of likely N-dealkylation sites (N-methyl/N-ethyl adjacent to an activating group) is 1. The topological polar surface area (TPSA) is 46.3 Å². The van der Waals surface area contributed by atoms with Crippen LogP contribution in [-0.2, 0) is 4.79 Å². The molecule has 2 unspecified atom stereocenters. The second-order valence-corrected chi connectivity index (χ2v) is 3.75. The number of nitrogens with zero attached hydrogens (tertiary/aromatic N) is 1. The van der Waals surface area contributed by atoms with Crippen LogP contribution < -0.4 is 5.73 Å². The molecule has 3 nitrogen and oxygen atoms in total. The number of hydrogen-bond donors (Lipinski definition) is 1. The first-order valence-electron chi connectivity index (χ1n) is 5.03. The van der Waals surface area contributed by atoms with Crippen LogP contribution in [0.15, 0.2) is 0 Å². The van der Waals surface area contributed by atoms with Crippen molar-refractivity contribution >= 4 is 5.91 Å². The largest absolute Gasteiger partial charge is 0.344 e. The zero-order valence-corrected chi connectivity index (χ0v) is 9.21. The molecule has 3 heteroatoms. The molecule has 0 rings (SSSR count). The fraction of sp³-hybridized carbons (Fsp3) is 0.900. The Hall–Kier alpha value is -0.570. The lowest BCUT2D eigenvalue weighted by atomic mass is 10.1. The summed E-state index contributed by atoms with van der Waals surface area (Å²) in [6.45, 7) is 7.01. The van der Waals surface area contributed by atoms with Crippen molar-refractivity contribution in [3.8, 4) is 0 Å². The minimum Gasteiger partial charge on any atom is -0.344 e. The summed E-state index contributed by atoms with van der Waals surface area (Å²) in [5, 5.41) is 0. The van der Waals surface area contributed by atoms with Crippen molar-refractivity contribution in [2.75, 3.05) is 13.6 Å². The molecule has 1 amide bonds. The number of rotatable bonds is 5. The summed E-state index contributed by atoms with van der Waals surface area (Å²) in [5.41, 5.74) is 5.64. The smallest absolute Gasteiger partial charge is 0.239 e. The van der Waals surface area contributed by atoms with E-state index in [2.05, 4.69) is 13.8 Å². The van der Waals surface area contributed by atoms with E-state index in [1.807, 2.05) is 14.0 Å². The van der Waals surface area contributed by atoms with Crippen LogP contribution >= 0.6 is 0 Å². The molecule has 0 radical (unpaired) electrons. The van der Waals surface area contributed by atoms with Gasteiger partial charge in [-0.15, -0.1) is 0 Å². The molecule has 0 aromatic carbocycles. The molecule has 0 spiro atoms. The third-order valence-electron chi connectivity index (χ3n) is 2.42. The molecule has 0 aliphatic rings. The normalized spacial score (nSPS) is 15.2. The van der Waals surface area contributed by atoms with Gasteiger partial charge in [0.05, 0.1) is 6.04 Å². The molecule has 2 atom stereocenters. The lowest BCUT2D eigenvalue weighted by Crippen LogP contribution is -2.42. The minimum absolute atomic E-state index is 0.0581. The first-order valence-corrected chi connectivity index (χ1v) is 5.03. The van der Waals surface area contributed by atoms with Crippen molar-refractivity contribution in [1.82, 2.24) is 4.90 Å². The van der Waals surface area contributed by atoms with Gasteiger partial charge in [0, 0.05) is 13.6 Å². The van der Waals surface area contributed by atoms with Crippen molar-refractivity contribution in [1.29, 1.82) is 0 Å². The minimum atomic E-state index is -0.325. The van der Waals surface area contributed by atoms with Crippen LogP contribution in [0.1, 0.15) is 33.6 Å². The van der Waals surface area contributed by atoms with Gasteiger partial charge in [0.2, 0.25) is 5.91 Å². The van der Waals surface area contributed by atoms with Gasteiger partial charge in [-0.3, -0.25) is 4.79 Å². The Morgan fingerprint density at radius 3 is 2.31 bits per heavy atom. The fourth-order valence-corrected chi connectivity index (χ4v) is 1.14. The van der Waals surface area contributed by atoms with Crippen molar-refractivity contribution in [3.05, 3.63) is 0 Å². The molecule has 13 heavy (non-hydrogen) atoms. The first kappa shape index (κ1) is 12.4. The van der Waals surface area contributed by atoms with Gasteiger partial charge in [0.1, 0.15) is 0 Å². The van der Waals surface area contributed by atoms with E-state index in [9.17, 15) is 4.79 Å². The molecule has 0 heterocycles. The molecule has 0 saturated carbocycles. The van der Waals surface area contributed by atoms with Crippen molar-refractivity contribution < 1.29 is 4.79 Å². The Morgan fingerprint density at radius 1 is 1.38 bits per heavy atom. The maximum Gasteiger partial charge on any atom is 0.239 e. The predicted molar refractivity (Wildman–Crippen MR) is 55.4 cm³/mol. The first-order chi connectivity index (χ1) is 6.02. The van der Waals surface area contributed by atoms with E-state index in [1.165, 1.54) is 0 Å². The van der Waals surface area contributed by atoms with Crippen LogP contribution in [0.3, 0.4) is 0 Å². The summed E-state index contributed by atoms with van der Waals surface area (Å²) >= 11 is 0. The Labute approximate surface area is 81.3 Å². The van der Waals surface area contributed by atoms with Crippen LogP contribution in [0.2, 0.25) is 0 Å². The summed E-state index contributed by atoms with van der Waals surface area (Å²) < 4.78 is 0. The Bertz CT molecular complexity index is 159. The zero-order valence-electron chi connectivity index (χ0n) is 9.21. The quantitative estimate of drug-likeness (QED) is 0.702. The Morgan fingerprint density at radius 2 is 1.92 bits per heavy atom. The molecule has 0 aliphatic heterocycles. The third kappa shape index (κ3) is 4.27. The predicted octanol–water partition coefficient (Wildman–Crippen LogP) is 1.23. The second kappa shape index (κ2) is 5.97. The maximum atomic E-state index is 11.5. The second-order valence-electron chi connectivity index (χ2n) is 3.75. The van der Waals surface area contributed by atoms with Crippen LogP contribution in [0, 0.1) is 5.92 Å². The summed E-state index contributed by atoms with van der Waals surface area (Å²) in [4.78, 5) is 13.3. The number of carbonyl (C=O) groups excluding carboxylic acids is 1. The number of hydrogen-bond acceptors (Lipinski definition) is 2. The third-order valence-corrected chi connectivity index (χ3v) is 2.42. The SMILES string of the molecule is CCC(C)CN(C)C(=O)C(N)CC. The highest BCUT2D eigenvalue weighted by Gasteiger charge is 2.16. The lowest BCUT2D eigenvalue weighted by molar-refractivity contribution is -0.131. The highest BCUT2D eigenvalue weighted by atomic mass is 16.2. The van der Waals surface area contributed by atoms with Gasteiger partial charge < -0.3 is 10.6 Å². The molecular formula is C10H22N2O. The summed E-state index contributed by atoms with van der Waals surface area (Å²) in [6, 6.07) is -0.325. The molecule has 2 N–H and O–H groups in total. The van der Waals surface area contributed by atoms with Gasteiger partial charge in [0.25, 0.3) is 0 Å². The Balaban J connectivity index is 3.95. The number of amides is 1. The standard InChI is InChI=1S/C10H22N2O/c1-5-8(3)7-12(4)10(13)9(11)6-2/h8-9H,5-7,11H2,1-4H3. The molecule has 0 fully saturated rings. The van der Waals surface area contributed by atoms with Crippen LogP contribution in [0.5, 0.6) is 0 Å². The van der Waals surface area contributed by atoms with E-state index in [0.29, 0.717) is 12.3 Å². The van der Waals surface area contributed by atoms with Gasteiger partial charge in [-0.2, -0.15) is 0 Å². The van der Waals surface area contributed by atoms with Crippen LogP contribution in [-0.4, -0.2) is 30.4 Å². The summed E-state index contributed by atoms with van der Waals surface area (Å²) in [5.74, 6) is 0.612. The highest BCUT2D eigenvalue weighted by Crippen LogP contribution is 2.04. The van der Waals surface area contributed by atoms with Crippen molar-refractivity contribution in [2.45, 2.75) is 39.7 Å². The van der Waals surface area contributed by atoms with Gasteiger partial charge in [0.15, 0.2) is 0 Å². The summed E-state index contributed by atoms with van der Waals surface area (Å²) in [7, 11) is 1.82. The van der Waals surface area contributed by atoms with Gasteiger partial charge in [-0.05, 0) is 12.3 Å². The average Bonchev–Trinajstić information content (AvgIpc) is 2.14. The van der Waals surface area contributed by atoms with Gasteiger partial charge in [-0.25, -0.2) is 0 Å². The molecule has 0 aromatic heterocycles. The van der Waals surface area contributed by atoms with Crippen LogP contribution in [0.25, 0.3) is 0 Å². The monoisotopic (exact) mass is 186 g/mol. The molecule has 0 saturated heterocycles. The van der Waals surface area contributed by atoms with E-state index in [4.69, 9.17) is 5.73 Å². The van der Waals surface area contributed by atoms with E-state index in [0.717, 1.165) is 13.0 Å². The van der Waals surface area contributed by atoms with Gasteiger partial charge >= 0.3 is 0 Å². The van der Waals surface area contributed by atoms with Gasteiger partial charge in [-0.1, -0.05) is 27.2 Å². The molecule has 0 aromatic rings.